The van der Waals surface area contributed by atoms with E-state index in [-0.39, 0.29) is 0 Å². The fraction of sp³-hybridized carbons (Fsp3) is 0.636. The van der Waals surface area contributed by atoms with Crippen LogP contribution in [0.1, 0.15) is 38.4 Å². The molecule has 1 atom stereocenters. The number of hydrogen-bond acceptors (Lipinski definition) is 5. The van der Waals surface area contributed by atoms with Crippen LogP contribution in [0.4, 0.5) is 5.13 Å². The lowest BCUT2D eigenvalue weighted by molar-refractivity contribution is -0.138. The lowest BCUT2D eigenvalue weighted by Gasteiger charge is -2.05. The van der Waals surface area contributed by atoms with Crippen molar-refractivity contribution in [3.05, 3.63) is 11.1 Å². The lowest BCUT2D eigenvalue weighted by Crippen LogP contribution is -2.20. The van der Waals surface area contributed by atoms with E-state index in [1.54, 1.807) is 5.38 Å². The molecule has 0 radical (unpaired) electrons. The summed E-state index contributed by atoms with van der Waals surface area (Å²) in [6.07, 6.45) is 2.25. The van der Waals surface area contributed by atoms with Crippen LogP contribution in [0.5, 0.6) is 0 Å². The molecule has 1 aromatic heterocycles. The van der Waals surface area contributed by atoms with Gasteiger partial charge in [0.05, 0.1) is 5.69 Å². The predicted molar refractivity (Wildman–Crippen MR) is 69.2 cm³/mol. The van der Waals surface area contributed by atoms with Crippen LogP contribution in [0, 0.1) is 5.92 Å². The zero-order chi connectivity index (χ0) is 12.8. The van der Waals surface area contributed by atoms with E-state index in [0.29, 0.717) is 11.6 Å². The number of thiazole rings is 1. The predicted octanol–water partition coefficient (Wildman–Crippen LogP) is 2.08. The zero-order valence-corrected chi connectivity index (χ0v) is 11.0. The van der Waals surface area contributed by atoms with Crippen LogP contribution in [-0.2, 0) is 4.79 Å². The molecular formula is C11H19N3O2S. The summed E-state index contributed by atoms with van der Waals surface area (Å²) in [5.41, 5.74) is 5.87. The van der Waals surface area contributed by atoms with Gasteiger partial charge in [-0.15, -0.1) is 11.3 Å². The summed E-state index contributed by atoms with van der Waals surface area (Å²) in [5.74, 6) is -0.356. The highest BCUT2D eigenvalue weighted by atomic mass is 32.1. The number of carboxylic acids is 1. The molecule has 0 saturated heterocycles. The van der Waals surface area contributed by atoms with Gasteiger partial charge in [-0.2, -0.15) is 0 Å². The van der Waals surface area contributed by atoms with Crippen molar-refractivity contribution in [3.63, 3.8) is 0 Å². The Morgan fingerprint density at radius 3 is 2.94 bits per heavy atom. The molecule has 0 aliphatic carbocycles. The van der Waals surface area contributed by atoms with Gasteiger partial charge in [0.2, 0.25) is 0 Å². The third-order valence-electron chi connectivity index (χ3n) is 2.34. The Morgan fingerprint density at radius 2 is 2.35 bits per heavy atom. The number of carboxylic acid groups (broad SMARTS) is 1. The first-order chi connectivity index (χ1) is 8.00. The van der Waals surface area contributed by atoms with Crippen LogP contribution in [0.25, 0.3) is 0 Å². The molecule has 17 heavy (non-hydrogen) atoms. The first-order valence-electron chi connectivity index (χ1n) is 5.68. The molecular weight excluding hydrogens is 238 g/mol. The number of rotatable bonds is 7. The smallest absolute Gasteiger partial charge is 0.326 e. The summed E-state index contributed by atoms with van der Waals surface area (Å²) < 4.78 is 0. The number of hydrogen-bond donors (Lipinski definition) is 3. The molecule has 0 spiro atoms. The second-order valence-electron chi connectivity index (χ2n) is 4.36. The fourth-order valence-electron chi connectivity index (χ4n) is 1.34. The normalized spacial score (nSPS) is 12.7. The number of aromatic nitrogens is 1. The van der Waals surface area contributed by atoms with Gasteiger partial charge >= 0.3 is 5.97 Å². The second kappa shape index (κ2) is 6.56. The third kappa shape index (κ3) is 4.70. The van der Waals surface area contributed by atoms with Crippen LogP contribution < -0.4 is 11.1 Å². The van der Waals surface area contributed by atoms with Crippen molar-refractivity contribution < 1.29 is 9.90 Å². The summed E-state index contributed by atoms with van der Waals surface area (Å²) in [4.78, 5) is 14.8. The van der Waals surface area contributed by atoms with Crippen LogP contribution >= 0.6 is 11.3 Å². The topological polar surface area (TPSA) is 88.2 Å². The summed E-state index contributed by atoms with van der Waals surface area (Å²) in [6, 6.07) is -1.03. The minimum Gasteiger partial charge on any atom is -0.480 e. The van der Waals surface area contributed by atoms with Crippen molar-refractivity contribution in [2.24, 2.45) is 11.7 Å². The highest BCUT2D eigenvalue weighted by molar-refractivity contribution is 7.13. The molecule has 0 aliphatic rings. The Hall–Kier alpha value is -1.14. The quantitative estimate of drug-likeness (QED) is 0.651. The number of aliphatic carboxylic acids is 1. The molecule has 1 aromatic rings. The molecule has 5 nitrogen and oxygen atoms in total. The maximum absolute atomic E-state index is 10.7. The van der Waals surface area contributed by atoms with Crippen molar-refractivity contribution >= 4 is 22.4 Å². The van der Waals surface area contributed by atoms with Gasteiger partial charge in [-0.1, -0.05) is 13.8 Å². The van der Waals surface area contributed by atoms with E-state index in [0.717, 1.165) is 18.1 Å². The minimum atomic E-state index is -1.05. The van der Waals surface area contributed by atoms with E-state index in [4.69, 9.17) is 10.8 Å². The van der Waals surface area contributed by atoms with Crippen LogP contribution in [0.15, 0.2) is 5.38 Å². The monoisotopic (exact) mass is 257 g/mol. The minimum absolute atomic E-state index is 0.411. The van der Waals surface area contributed by atoms with E-state index in [1.165, 1.54) is 17.8 Å². The van der Waals surface area contributed by atoms with Crippen molar-refractivity contribution in [2.75, 3.05) is 11.9 Å². The Labute approximate surface area is 105 Å². The summed E-state index contributed by atoms with van der Waals surface area (Å²) >= 11 is 1.39. The summed E-state index contributed by atoms with van der Waals surface area (Å²) in [6.45, 7) is 5.23. The molecule has 4 N–H and O–H groups in total. The standard InChI is InChI=1S/C11H19N3O2S/c1-7(2)4-3-5-13-11-14-8(6-17-11)9(12)10(15)16/h6-7,9H,3-5,12H2,1-2H3,(H,13,14)(H,15,16). The Balaban J connectivity index is 2.38. The van der Waals surface area contributed by atoms with Gasteiger partial charge < -0.3 is 16.2 Å². The van der Waals surface area contributed by atoms with E-state index in [1.807, 2.05) is 0 Å². The summed E-state index contributed by atoms with van der Waals surface area (Å²) in [7, 11) is 0. The maximum atomic E-state index is 10.7. The maximum Gasteiger partial charge on any atom is 0.326 e. The van der Waals surface area contributed by atoms with Gasteiger partial charge in [0.25, 0.3) is 0 Å². The van der Waals surface area contributed by atoms with Crippen LogP contribution in [0.3, 0.4) is 0 Å². The van der Waals surface area contributed by atoms with Gasteiger partial charge in [-0.25, -0.2) is 4.98 Å². The van der Waals surface area contributed by atoms with Gasteiger partial charge in [0.1, 0.15) is 6.04 Å². The van der Waals surface area contributed by atoms with Gasteiger partial charge in [-0.3, -0.25) is 4.79 Å². The Kier molecular flexibility index (Phi) is 5.37. The number of nitrogens with zero attached hydrogens (tertiary/aromatic N) is 1. The average Bonchev–Trinajstić information content (AvgIpc) is 2.71. The molecule has 1 heterocycles. The van der Waals surface area contributed by atoms with Crippen LogP contribution in [-0.4, -0.2) is 22.6 Å². The van der Waals surface area contributed by atoms with E-state index in [9.17, 15) is 4.79 Å². The van der Waals surface area contributed by atoms with E-state index in [2.05, 4.69) is 24.1 Å². The van der Waals surface area contributed by atoms with Crippen molar-refractivity contribution in [1.82, 2.24) is 4.98 Å². The lowest BCUT2D eigenvalue weighted by atomic mass is 10.1. The second-order valence-corrected chi connectivity index (χ2v) is 5.21. The SMILES string of the molecule is CC(C)CCCNc1nc(C(N)C(=O)O)cs1. The van der Waals surface area contributed by atoms with E-state index >= 15 is 0 Å². The molecule has 0 aromatic carbocycles. The third-order valence-corrected chi connectivity index (χ3v) is 3.16. The number of anilines is 1. The fourth-order valence-corrected chi connectivity index (χ4v) is 2.12. The average molecular weight is 257 g/mol. The molecule has 1 unspecified atom stereocenters. The van der Waals surface area contributed by atoms with Crippen LogP contribution in [0.2, 0.25) is 0 Å². The molecule has 0 saturated carbocycles. The Morgan fingerprint density at radius 1 is 1.65 bits per heavy atom. The summed E-state index contributed by atoms with van der Waals surface area (Å²) in [5, 5.41) is 14.3. The van der Waals surface area contributed by atoms with Gasteiger partial charge in [0, 0.05) is 11.9 Å². The van der Waals surface area contributed by atoms with Crippen molar-refractivity contribution in [2.45, 2.75) is 32.7 Å². The molecule has 0 bridgehead atoms. The molecule has 0 aliphatic heterocycles. The first kappa shape index (κ1) is 13.9. The molecule has 96 valence electrons. The zero-order valence-electron chi connectivity index (χ0n) is 10.1. The van der Waals surface area contributed by atoms with Gasteiger partial charge in [0.15, 0.2) is 5.13 Å². The molecule has 6 heteroatoms. The molecule has 0 fully saturated rings. The molecule has 0 amide bonds. The largest absolute Gasteiger partial charge is 0.480 e. The number of nitrogens with two attached hydrogens (primary N) is 1. The first-order valence-corrected chi connectivity index (χ1v) is 6.56. The van der Waals surface area contributed by atoms with Crippen molar-refractivity contribution in [3.8, 4) is 0 Å². The van der Waals surface area contributed by atoms with E-state index < -0.39 is 12.0 Å². The number of carbonyl (C=O) groups is 1. The highest BCUT2D eigenvalue weighted by Crippen LogP contribution is 2.19. The molecule has 1 rings (SSSR count). The Bertz CT molecular complexity index is 365. The highest BCUT2D eigenvalue weighted by Gasteiger charge is 2.17. The number of nitrogens with one attached hydrogen (secondary N) is 1. The van der Waals surface area contributed by atoms with Crippen molar-refractivity contribution in [1.29, 1.82) is 0 Å². The van der Waals surface area contributed by atoms with Gasteiger partial charge in [-0.05, 0) is 18.8 Å².